The van der Waals surface area contributed by atoms with Crippen LogP contribution in [0.4, 0.5) is 5.82 Å². The maximum Gasteiger partial charge on any atom is 0.164 e. The number of nitrogen functional groups attached to an aromatic ring is 1. The minimum absolute atomic E-state index is 0.0692. The second kappa shape index (κ2) is 11.1. The van der Waals surface area contributed by atoms with Crippen molar-refractivity contribution < 1.29 is 19.4 Å². The van der Waals surface area contributed by atoms with Crippen LogP contribution in [0.25, 0.3) is 22.3 Å². The fourth-order valence-corrected chi connectivity index (χ4v) is 4.71. The van der Waals surface area contributed by atoms with Gasteiger partial charge < -0.3 is 30.1 Å². The molecular formula is C28H27N6O4-. The van der Waals surface area contributed by atoms with Gasteiger partial charge in [-0.2, -0.15) is 5.10 Å². The van der Waals surface area contributed by atoms with E-state index in [9.17, 15) is 14.7 Å². The van der Waals surface area contributed by atoms with Gasteiger partial charge in [0.05, 0.1) is 17.4 Å². The molecule has 3 heterocycles. The number of ether oxygens (including phenoxy) is 1. The van der Waals surface area contributed by atoms with Gasteiger partial charge in [-0.1, -0.05) is 18.2 Å². The number of benzene rings is 2. The Kier molecular flexibility index (Phi) is 7.30. The third kappa shape index (κ3) is 5.34. The molecular weight excluding hydrogens is 484 g/mol. The highest BCUT2D eigenvalue weighted by Gasteiger charge is 2.26. The predicted octanol–water partition coefficient (Wildman–Crippen LogP) is 3.12. The number of carboxylic acid groups (broad SMARTS) is 1. The summed E-state index contributed by atoms with van der Waals surface area (Å²) in [5, 5.41) is 17.1. The fraction of sp³-hybridized carbons (Fsp3) is 0.250. The minimum atomic E-state index is -1.26. The van der Waals surface area contributed by atoms with E-state index >= 15 is 0 Å². The van der Waals surface area contributed by atoms with Crippen molar-refractivity contribution in [2.75, 3.05) is 18.8 Å². The van der Waals surface area contributed by atoms with Crippen LogP contribution in [0, 0.1) is 0 Å². The van der Waals surface area contributed by atoms with Crippen LogP contribution in [0.3, 0.4) is 0 Å². The van der Waals surface area contributed by atoms with Crippen molar-refractivity contribution in [3.8, 4) is 22.8 Å². The van der Waals surface area contributed by atoms with E-state index in [2.05, 4.69) is 9.97 Å². The molecule has 194 valence electrons. The number of aliphatic carboxylic acids is 1. The number of nitrogens with two attached hydrogens (primary N) is 1. The Morgan fingerprint density at radius 3 is 2.61 bits per heavy atom. The number of carbonyl (C=O) groups excluding carboxylic acids is 2. The number of nitrogens with zero attached hydrogens (tertiary/aromatic N) is 5. The number of piperidine rings is 1. The van der Waals surface area contributed by atoms with Crippen LogP contribution in [0.15, 0.2) is 72.7 Å². The minimum Gasteiger partial charge on any atom is -0.545 e. The van der Waals surface area contributed by atoms with Crippen molar-refractivity contribution in [1.29, 1.82) is 0 Å². The van der Waals surface area contributed by atoms with Crippen LogP contribution < -0.4 is 15.6 Å². The highest BCUT2D eigenvalue weighted by atomic mass is 16.5. The second-order valence-electron chi connectivity index (χ2n) is 9.13. The topological polar surface area (TPSA) is 139 Å². The van der Waals surface area contributed by atoms with Gasteiger partial charge in [0.1, 0.15) is 35.6 Å². The van der Waals surface area contributed by atoms with Gasteiger partial charge in [0, 0.05) is 31.3 Å². The summed E-state index contributed by atoms with van der Waals surface area (Å²) in [6.45, 7) is 1.22. The average Bonchev–Trinajstić information content (AvgIpc) is 3.33. The molecule has 0 bridgehead atoms. The number of carboxylic acids is 1. The standard InChI is InChI=1S/C28H28N6O4/c29-26-24-25(19-10-12-23(13-11-19)38-22-8-2-1-3-9-22)32-34(27(24)31-18-30-26)21-7-4-14-33(17-21)16-20(28(36)37)6-5-15-35/h1-3,8-13,15-16,18,21H,4-7,14,17H2,(H,36,37)(H2,29,30,31)/p-1/b20-16-/t21-/m1/s1. The first-order valence-corrected chi connectivity index (χ1v) is 12.4. The van der Waals surface area contributed by atoms with Gasteiger partial charge in [-0.25, -0.2) is 14.6 Å². The van der Waals surface area contributed by atoms with E-state index in [-0.39, 0.29) is 24.5 Å². The Morgan fingerprint density at radius 2 is 1.87 bits per heavy atom. The molecule has 2 aromatic heterocycles. The average molecular weight is 512 g/mol. The van der Waals surface area contributed by atoms with Crippen molar-refractivity contribution in [3.63, 3.8) is 0 Å². The van der Waals surface area contributed by atoms with Gasteiger partial charge in [-0.3, -0.25) is 0 Å². The Morgan fingerprint density at radius 1 is 1.11 bits per heavy atom. The lowest BCUT2D eigenvalue weighted by molar-refractivity contribution is -0.299. The zero-order chi connectivity index (χ0) is 26.5. The van der Waals surface area contributed by atoms with E-state index in [0.29, 0.717) is 47.7 Å². The molecule has 0 saturated carbocycles. The molecule has 1 fully saturated rings. The molecule has 0 unspecified atom stereocenters. The van der Waals surface area contributed by atoms with Crippen LogP contribution in [-0.4, -0.2) is 50.0 Å². The molecule has 10 nitrogen and oxygen atoms in total. The lowest BCUT2D eigenvalue weighted by Crippen LogP contribution is -2.35. The Bertz CT molecular complexity index is 1470. The van der Waals surface area contributed by atoms with Gasteiger partial charge in [0.2, 0.25) is 0 Å². The summed E-state index contributed by atoms with van der Waals surface area (Å²) >= 11 is 0. The molecule has 1 atom stereocenters. The van der Waals surface area contributed by atoms with Crippen molar-refractivity contribution in [3.05, 3.63) is 72.7 Å². The summed E-state index contributed by atoms with van der Waals surface area (Å²) in [6, 6.07) is 17.1. The van der Waals surface area contributed by atoms with E-state index in [0.717, 1.165) is 24.2 Å². The molecule has 2 N–H and O–H groups in total. The number of aromatic nitrogens is 4. The second-order valence-corrected chi connectivity index (χ2v) is 9.13. The quantitative estimate of drug-likeness (QED) is 0.265. The maximum atomic E-state index is 11.6. The zero-order valence-electron chi connectivity index (χ0n) is 20.7. The summed E-state index contributed by atoms with van der Waals surface area (Å²) in [5.41, 5.74) is 8.53. The number of fused-ring (bicyclic) bond motifs is 1. The molecule has 38 heavy (non-hydrogen) atoms. The van der Waals surface area contributed by atoms with Crippen molar-refractivity contribution in [2.45, 2.75) is 31.7 Å². The van der Waals surface area contributed by atoms with Gasteiger partial charge in [0.15, 0.2) is 5.65 Å². The lowest BCUT2D eigenvalue weighted by Gasteiger charge is -2.33. The first-order chi connectivity index (χ1) is 18.5. The molecule has 0 radical (unpaired) electrons. The van der Waals surface area contributed by atoms with Gasteiger partial charge in [-0.05, 0) is 61.2 Å². The zero-order valence-corrected chi connectivity index (χ0v) is 20.7. The molecule has 0 spiro atoms. The summed E-state index contributed by atoms with van der Waals surface area (Å²) in [7, 11) is 0. The molecule has 0 aliphatic carbocycles. The number of para-hydroxylation sites is 1. The van der Waals surface area contributed by atoms with Crippen molar-refractivity contribution in [1.82, 2.24) is 24.6 Å². The molecule has 1 saturated heterocycles. The third-order valence-corrected chi connectivity index (χ3v) is 6.53. The van der Waals surface area contributed by atoms with Gasteiger partial charge in [0.25, 0.3) is 0 Å². The number of aldehydes is 1. The van der Waals surface area contributed by atoms with E-state index in [4.69, 9.17) is 15.6 Å². The first kappa shape index (κ1) is 24.9. The molecule has 2 aromatic carbocycles. The molecule has 10 heteroatoms. The number of rotatable bonds is 9. The SMILES string of the molecule is Nc1ncnc2c1c(-c1ccc(Oc3ccccc3)cc1)nn2[C@@H]1CCCN(/C=C(/CCC=O)C(=O)[O-])C1. The van der Waals surface area contributed by atoms with Gasteiger partial charge >= 0.3 is 0 Å². The smallest absolute Gasteiger partial charge is 0.164 e. The molecule has 5 rings (SSSR count). The Balaban J connectivity index is 1.45. The van der Waals surface area contributed by atoms with Crippen LogP contribution in [-0.2, 0) is 9.59 Å². The van der Waals surface area contributed by atoms with Crippen LogP contribution >= 0.6 is 0 Å². The number of carbonyl (C=O) groups is 2. The highest BCUT2D eigenvalue weighted by molar-refractivity contribution is 5.98. The largest absolute Gasteiger partial charge is 0.545 e. The Labute approximate surface area is 219 Å². The number of hydrogen-bond acceptors (Lipinski definition) is 9. The van der Waals surface area contributed by atoms with Crippen LogP contribution in [0.1, 0.15) is 31.7 Å². The fourth-order valence-electron chi connectivity index (χ4n) is 4.71. The van der Waals surface area contributed by atoms with Crippen molar-refractivity contribution >= 4 is 29.1 Å². The number of hydrogen-bond donors (Lipinski definition) is 1. The molecule has 0 amide bonds. The summed E-state index contributed by atoms with van der Waals surface area (Å²) in [6.07, 6.45) is 5.65. The van der Waals surface area contributed by atoms with Gasteiger partial charge in [-0.15, -0.1) is 0 Å². The van der Waals surface area contributed by atoms with E-state index < -0.39 is 5.97 Å². The van der Waals surface area contributed by atoms with Crippen LogP contribution in [0.5, 0.6) is 11.5 Å². The highest BCUT2D eigenvalue weighted by Crippen LogP contribution is 2.35. The van der Waals surface area contributed by atoms with Crippen LogP contribution in [0.2, 0.25) is 0 Å². The molecule has 1 aliphatic rings. The Hall–Kier alpha value is -4.73. The molecule has 4 aromatic rings. The normalized spacial score (nSPS) is 15.9. The summed E-state index contributed by atoms with van der Waals surface area (Å²) in [5.74, 6) is 0.514. The predicted molar refractivity (Wildman–Crippen MR) is 140 cm³/mol. The number of likely N-dealkylation sites (tertiary alicyclic amines) is 1. The van der Waals surface area contributed by atoms with E-state index in [1.54, 1.807) is 6.20 Å². The summed E-state index contributed by atoms with van der Waals surface area (Å²) in [4.78, 5) is 32.9. The third-order valence-electron chi connectivity index (χ3n) is 6.53. The summed E-state index contributed by atoms with van der Waals surface area (Å²) < 4.78 is 7.78. The lowest BCUT2D eigenvalue weighted by atomic mass is 10.1. The van der Waals surface area contributed by atoms with Crippen molar-refractivity contribution in [2.24, 2.45) is 0 Å². The van der Waals surface area contributed by atoms with E-state index in [1.807, 2.05) is 64.2 Å². The van der Waals surface area contributed by atoms with E-state index in [1.165, 1.54) is 6.33 Å². The maximum absolute atomic E-state index is 11.6. The molecule has 1 aliphatic heterocycles. The number of anilines is 1. The first-order valence-electron chi connectivity index (χ1n) is 12.4. The monoisotopic (exact) mass is 511 g/mol.